The van der Waals surface area contributed by atoms with Gasteiger partial charge in [-0.2, -0.15) is 0 Å². The van der Waals surface area contributed by atoms with E-state index in [2.05, 4.69) is 10.3 Å². The van der Waals surface area contributed by atoms with E-state index in [-0.39, 0.29) is 0 Å². The standard InChI is InChI=1S/C14H18N2O2/c1-14(2,13(17)18)7-8-15-12-9-16-11-6-4-3-5-10(11)12/h3-6,9,15-16H,7-8H2,1-2H3,(H,17,18). The molecule has 0 atom stereocenters. The van der Waals surface area contributed by atoms with E-state index in [4.69, 9.17) is 5.11 Å². The molecular formula is C14H18N2O2. The maximum absolute atomic E-state index is 11.0. The van der Waals surface area contributed by atoms with Crippen molar-refractivity contribution in [1.82, 2.24) is 4.98 Å². The second-order valence-electron chi connectivity index (χ2n) is 5.11. The molecule has 0 aliphatic carbocycles. The van der Waals surface area contributed by atoms with Gasteiger partial charge in [-0.25, -0.2) is 0 Å². The molecule has 0 fully saturated rings. The number of para-hydroxylation sites is 1. The van der Waals surface area contributed by atoms with Crippen molar-refractivity contribution in [2.45, 2.75) is 20.3 Å². The van der Waals surface area contributed by atoms with Crippen molar-refractivity contribution in [2.24, 2.45) is 5.41 Å². The van der Waals surface area contributed by atoms with Crippen LogP contribution in [0.15, 0.2) is 30.5 Å². The van der Waals surface area contributed by atoms with Gasteiger partial charge >= 0.3 is 5.97 Å². The first kappa shape index (κ1) is 12.5. The zero-order valence-corrected chi connectivity index (χ0v) is 10.7. The summed E-state index contributed by atoms with van der Waals surface area (Å²) in [4.78, 5) is 14.2. The van der Waals surface area contributed by atoms with Crippen LogP contribution in [-0.4, -0.2) is 22.6 Å². The van der Waals surface area contributed by atoms with E-state index in [9.17, 15) is 4.79 Å². The Labute approximate surface area is 106 Å². The number of hydrogen-bond acceptors (Lipinski definition) is 2. The Kier molecular flexibility index (Phi) is 3.28. The molecule has 1 heterocycles. The van der Waals surface area contributed by atoms with Gasteiger partial charge in [-0.15, -0.1) is 0 Å². The van der Waals surface area contributed by atoms with E-state index < -0.39 is 11.4 Å². The van der Waals surface area contributed by atoms with Gasteiger partial charge in [0.2, 0.25) is 0 Å². The number of H-pyrrole nitrogens is 1. The molecular weight excluding hydrogens is 228 g/mol. The average Bonchev–Trinajstić information content (AvgIpc) is 2.72. The van der Waals surface area contributed by atoms with Crippen LogP contribution in [0.4, 0.5) is 5.69 Å². The van der Waals surface area contributed by atoms with Crippen LogP contribution in [0.3, 0.4) is 0 Å². The lowest BCUT2D eigenvalue weighted by Gasteiger charge is -2.19. The van der Waals surface area contributed by atoms with Crippen molar-refractivity contribution in [3.05, 3.63) is 30.5 Å². The van der Waals surface area contributed by atoms with Gasteiger partial charge in [-0.1, -0.05) is 18.2 Å². The fourth-order valence-corrected chi connectivity index (χ4v) is 1.83. The molecule has 18 heavy (non-hydrogen) atoms. The molecule has 2 rings (SSSR count). The molecule has 0 aliphatic heterocycles. The van der Waals surface area contributed by atoms with Gasteiger partial charge in [-0.05, 0) is 26.3 Å². The van der Waals surface area contributed by atoms with Crippen LogP contribution in [0.2, 0.25) is 0 Å². The van der Waals surface area contributed by atoms with E-state index in [1.807, 2.05) is 30.5 Å². The number of fused-ring (bicyclic) bond motifs is 1. The largest absolute Gasteiger partial charge is 0.481 e. The van der Waals surface area contributed by atoms with Crippen LogP contribution in [0.5, 0.6) is 0 Å². The minimum Gasteiger partial charge on any atom is -0.481 e. The molecule has 0 spiro atoms. The summed E-state index contributed by atoms with van der Waals surface area (Å²) in [5.74, 6) is -0.761. The molecule has 0 saturated carbocycles. The monoisotopic (exact) mass is 246 g/mol. The number of carboxylic acid groups (broad SMARTS) is 1. The molecule has 96 valence electrons. The van der Waals surface area contributed by atoms with Gasteiger partial charge in [0, 0.05) is 23.6 Å². The maximum Gasteiger partial charge on any atom is 0.309 e. The predicted octanol–water partition coefficient (Wildman–Crippen LogP) is 3.08. The quantitative estimate of drug-likeness (QED) is 0.759. The van der Waals surface area contributed by atoms with Crippen molar-refractivity contribution in [3.63, 3.8) is 0 Å². The third kappa shape index (κ3) is 2.47. The van der Waals surface area contributed by atoms with Crippen LogP contribution in [0.1, 0.15) is 20.3 Å². The Balaban J connectivity index is 2.01. The van der Waals surface area contributed by atoms with Crippen molar-refractivity contribution in [2.75, 3.05) is 11.9 Å². The van der Waals surface area contributed by atoms with Crippen LogP contribution in [0, 0.1) is 5.41 Å². The number of carboxylic acids is 1. The summed E-state index contributed by atoms with van der Waals surface area (Å²) in [6.07, 6.45) is 2.50. The normalized spacial score (nSPS) is 11.7. The minimum absolute atomic E-state index is 0.585. The van der Waals surface area contributed by atoms with Gasteiger partial charge in [0.05, 0.1) is 11.1 Å². The summed E-state index contributed by atoms with van der Waals surface area (Å²) in [5.41, 5.74) is 1.41. The Morgan fingerprint density at radius 1 is 1.39 bits per heavy atom. The number of anilines is 1. The number of carbonyl (C=O) groups is 1. The highest BCUT2D eigenvalue weighted by Crippen LogP contribution is 2.24. The number of rotatable bonds is 5. The number of benzene rings is 1. The van der Waals surface area contributed by atoms with Gasteiger partial charge < -0.3 is 15.4 Å². The number of aromatic nitrogens is 1. The zero-order valence-electron chi connectivity index (χ0n) is 10.7. The lowest BCUT2D eigenvalue weighted by molar-refractivity contribution is -0.147. The highest BCUT2D eigenvalue weighted by molar-refractivity contribution is 5.92. The molecule has 0 unspecified atom stereocenters. The van der Waals surface area contributed by atoms with E-state index >= 15 is 0 Å². The third-order valence-corrected chi connectivity index (χ3v) is 3.23. The molecule has 0 aliphatic rings. The van der Waals surface area contributed by atoms with E-state index in [0.717, 1.165) is 16.6 Å². The summed E-state index contributed by atoms with van der Waals surface area (Å²) in [6, 6.07) is 8.02. The Bertz CT molecular complexity index is 558. The topological polar surface area (TPSA) is 65.1 Å². The van der Waals surface area contributed by atoms with Crippen molar-refractivity contribution in [3.8, 4) is 0 Å². The van der Waals surface area contributed by atoms with Gasteiger partial charge in [0.15, 0.2) is 0 Å². The van der Waals surface area contributed by atoms with Crippen LogP contribution >= 0.6 is 0 Å². The molecule has 0 bridgehead atoms. The van der Waals surface area contributed by atoms with Gasteiger partial charge in [0.1, 0.15) is 0 Å². The molecule has 3 N–H and O–H groups in total. The summed E-state index contributed by atoms with van der Waals surface area (Å²) in [7, 11) is 0. The van der Waals surface area contributed by atoms with Crippen molar-refractivity contribution in [1.29, 1.82) is 0 Å². The van der Waals surface area contributed by atoms with Gasteiger partial charge in [-0.3, -0.25) is 4.79 Å². The van der Waals surface area contributed by atoms with Gasteiger partial charge in [0.25, 0.3) is 0 Å². The number of aliphatic carboxylic acids is 1. The summed E-state index contributed by atoms with van der Waals surface area (Å²) in [6.45, 7) is 4.12. The minimum atomic E-state index is -0.761. The van der Waals surface area contributed by atoms with Crippen LogP contribution in [0.25, 0.3) is 10.9 Å². The first-order valence-electron chi connectivity index (χ1n) is 6.04. The summed E-state index contributed by atoms with van der Waals surface area (Å²) >= 11 is 0. The molecule has 4 nitrogen and oxygen atoms in total. The highest BCUT2D eigenvalue weighted by Gasteiger charge is 2.26. The lowest BCUT2D eigenvalue weighted by Crippen LogP contribution is -2.26. The van der Waals surface area contributed by atoms with Crippen molar-refractivity contribution < 1.29 is 9.90 Å². The second kappa shape index (κ2) is 4.72. The zero-order chi connectivity index (χ0) is 13.2. The maximum atomic E-state index is 11.0. The molecule has 1 aromatic carbocycles. The SMILES string of the molecule is CC(C)(CCNc1c[nH]c2ccccc12)C(=O)O. The predicted molar refractivity (Wildman–Crippen MR) is 72.8 cm³/mol. The van der Waals surface area contributed by atoms with E-state index in [1.165, 1.54) is 0 Å². The lowest BCUT2D eigenvalue weighted by atomic mass is 9.90. The van der Waals surface area contributed by atoms with Crippen molar-refractivity contribution >= 4 is 22.6 Å². The molecule has 2 aromatic rings. The molecule has 4 heteroatoms. The first-order valence-corrected chi connectivity index (χ1v) is 6.04. The third-order valence-electron chi connectivity index (χ3n) is 3.23. The summed E-state index contributed by atoms with van der Waals surface area (Å²) in [5, 5.41) is 13.5. The second-order valence-corrected chi connectivity index (χ2v) is 5.11. The fraction of sp³-hybridized carbons (Fsp3) is 0.357. The van der Waals surface area contributed by atoms with Crippen LogP contribution < -0.4 is 5.32 Å². The number of nitrogens with one attached hydrogen (secondary N) is 2. The Morgan fingerprint density at radius 3 is 2.83 bits per heavy atom. The molecule has 1 aromatic heterocycles. The fourth-order valence-electron chi connectivity index (χ4n) is 1.83. The molecule has 0 saturated heterocycles. The summed E-state index contributed by atoms with van der Waals surface area (Å²) < 4.78 is 0. The Morgan fingerprint density at radius 2 is 2.11 bits per heavy atom. The number of aromatic amines is 1. The first-order chi connectivity index (χ1) is 8.50. The molecule has 0 amide bonds. The van der Waals surface area contributed by atoms with Crippen LogP contribution in [-0.2, 0) is 4.79 Å². The van der Waals surface area contributed by atoms with E-state index in [0.29, 0.717) is 13.0 Å². The smallest absolute Gasteiger partial charge is 0.309 e. The highest BCUT2D eigenvalue weighted by atomic mass is 16.4. The molecule has 0 radical (unpaired) electrons. The number of hydrogen-bond donors (Lipinski definition) is 3. The van der Waals surface area contributed by atoms with E-state index in [1.54, 1.807) is 13.8 Å². The average molecular weight is 246 g/mol. The Hall–Kier alpha value is -1.97.